The molecule has 0 amide bonds. The Morgan fingerprint density at radius 1 is 1.36 bits per heavy atom. The van der Waals surface area contributed by atoms with Crippen molar-refractivity contribution in [3.63, 3.8) is 0 Å². The molecule has 0 heterocycles. The van der Waals surface area contributed by atoms with Crippen molar-refractivity contribution in [2.75, 3.05) is 13.4 Å². The Morgan fingerprint density at radius 2 is 2.09 bits per heavy atom. The molecule has 0 aliphatic rings. The SMILES string of the molecule is COc1ccc(C)c(SC)c1. The molecule has 0 radical (unpaired) electrons. The highest BCUT2D eigenvalue weighted by atomic mass is 32.2. The second-order valence-corrected chi connectivity index (χ2v) is 3.18. The Morgan fingerprint density at radius 3 is 2.64 bits per heavy atom. The molecule has 1 nitrogen and oxygen atoms in total. The first-order valence-electron chi connectivity index (χ1n) is 3.46. The molecule has 1 rings (SSSR count). The molecule has 0 unspecified atom stereocenters. The lowest BCUT2D eigenvalue weighted by Crippen LogP contribution is -1.84. The number of benzene rings is 1. The molecule has 0 N–H and O–H groups in total. The zero-order valence-electron chi connectivity index (χ0n) is 7.05. The molecular weight excluding hydrogens is 156 g/mol. The Bertz CT molecular complexity index is 245. The quantitative estimate of drug-likeness (QED) is 0.628. The molecule has 60 valence electrons. The van der Waals surface area contributed by atoms with Gasteiger partial charge < -0.3 is 4.74 Å². The molecule has 1 aromatic carbocycles. The van der Waals surface area contributed by atoms with Crippen molar-refractivity contribution in [1.82, 2.24) is 0 Å². The third kappa shape index (κ3) is 1.90. The summed E-state index contributed by atoms with van der Waals surface area (Å²) in [7, 11) is 1.69. The molecule has 0 saturated carbocycles. The standard InChI is InChI=1S/C9H12OS/c1-7-4-5-8(10-2)6-9(7)11-3/h4-6H,1-3H3. The first kappa shape index (κ1) is 8.47. The highest BCUT2D eigenvalue weighted by Crippen LogP contribution is 2.24. The third-order valence-electron chi connectivity index (χ3n) is 1.62. The molecule has 1 aromatic rings. The summed E-state index contributed by atoms with van der Waals surface area (Å²) in [6, 6.07) is 6.11. The fourth-order valence-electron chi connectivity index (χ4n) is 0.927. The van der Waals surface area contributed by atoms with Gasteiger partial charge >= 0.3 is 0 Å². The zero-order valence-corrected chi connectivity index (χ0v) is 7.87. The van der Waals surface area contributed by atoms with Gasteiger partial charge in [-0.1, -0.05) is 6.07 Å². The summed E-state index contributed by atoms with van der Waals surface area (Å²) in [5, 5.41) is 0. The van der Waals surface area contributed by atoms with E-state index >= 15 is 0 Å². The topological polar surface area (TPSA) is 9.23 Å². The van der Waals surface area contributed by atoms with E-state index in [-0.39, 0.29) is 0 Å². The number of rotatable bonds is 2. The fraction of sp³-hybridized carbons (Fsp3) is 0.333. The van der Waals surface area contributed by atoms with Crippen LogP contribution in [-0.4, -0.2) is 13.4 Å². The van der Waals surface area contributed by atoms with Gasteiger partial charge in [0.1, 0.15) is 5.75 Å². The number of thioether (sulfide) groups is 1. The first-order valence-corrected chi connectivity index (χ1v) is 4.69. The summed E-state index contributed by atoms with van der Waals surface area (Å²) < 4.78 is 5.10. The van der Waals surface area contributed by atoms with Gasteiger partial charge in [0, 0.05) is 4.90 Å². The van der Waals surface area contributed by atoms with Crippen LogP contribution in [0.3, 0.4) is 0 Å². The molecule has 0 atom stereocenters. The molecule has 0 spiro atoms. The second kappa shape index (κ2) is 3.67. The van der Waals surface area contributed by atoms with E-state index in [9.17, 15) is 0 Å². The monoisotopic (exact) mass is 168 g/mol. The van der Waals surface area contributed by atoms with E-state index in [0.29, 0.717) is 0 Å². The minimum Gasteiger partial charge on any atom is -0.497 e. The van der Waals surface area contributed by atoms with Crippen molar-refractivity contribution in [3.8, 4) is 5.75 Å². The largest absolute Gasteiger partial charge is 0.497 e. The summed E-state index contributed by atoms with van der Waals surface area (Å²) in [6.07, 6.45) is 2.07. The van der Waals surface area contributed by atoms with E-state index in [1.165, 1.54) is 10.5 Å². The van der Waals surface area contributed by atoms with Gasteiger partial charge in [-0.25, -0.2) is 0 Å². The summed E-state index contributed by atoms with van der Waals surface area (Å²) in [5.74, 6) is 0.931. The van der Waals surface area contributed by atoms with Crippen molar-refractivity contribution in [3.05, 3.63) is 23.8 Å². The minimum atomic E-state index is 0.931. The van der Waals surface area contributed by atoms with Crippen molar-refractivity contribution < 1.29 is 4.74 Å². The lowest BCUT2D eigenvalue weighted by Gasteiger charge is -2.04. The summed E-state index contributed by atoms with van der Waals surface area (Å²) >= 11 is 1.74. The van der Waals surface area contributed by atoms with Gasteiger partial charge in [-0.05, 0) is 30.9 Å². The van der Waals surface area contributed by atoms with E-state index < -0.39 is 0 Å². The maximum atomic E-state index is 5.10. The molecule has 0 aromatic heterocycles. The van der Waals surface area contributed by atoms with Crippen LogP contribution in [0.4, 0.5) is 0 Å². The minimum absolute atomic E-state index is 0.931. The van der Waals surface area contributed by atoms with Gasteiger partial charge in [-0.2, -0.15) is 0 Å². The Labute approximate surface area is 71.8 Å². The van der Waals surface area contributed by atoms with E-state index in [1.54, 1.807) is 18.9 Å². The molecule has 0 bridgehead atoms. The first-order chi connectivity index (χ1) is 5.27. The molecule has 0 aliphatic heterocycles. The van der Waals surface area contributed by atoms with Gasteiger partial charge in [0.2, 0.25) is 0 Å². The number of hydrogen-bond acceptors (Lipinski definition) is 2. The average molecular weight is 168 g/mol. The maximum Gasteiger partial charge on any atom is 0.119 e. The van der Waals surface area contributed by atoms with Gasteiger partial charge in [-0.15, -0.1) is 11.8 Å². The predicted molar refractivity (Wildman–Crippen MR) is 49.5 cm³/mol. The number of methoxy groups -OCH3 is 1. The predicted octanol–water partition coefficient (Wildman–Crippen LogP) is 2.73. The van der Waals surface area contributed by atoms with Crippen LogP contribution in [0.25, 0.3) is 0 Å². The van der Waals surface area contributed by atoms with Crippen LogP contribution in [0.15, 0.2) is 23.1 Å². The van der Waals surface area contributed by atoms with E-state index in [1.807, 2.05) is 6.07 Å². The summed E-state index contributed by atoms with van der Waals surface area (Å²) in [4.78, 5) is 1.28. The molecular formula is C9H12OS. The van der Waals surface area contributed by atoms with Crippen LogP contribution < -0.4 is 4.74 Å². The van der Waals surface area contributed by atoms with Crippen LogP contribution in [0, 0.1) is 6.92 Å². The molecule has 0 fully saturated rings. The number of hydrogen-bond donors (Lipinski definition) is 0. The van der Waals surface area contributed by atoms with Gasteiger partial charge in [-0.3, -0.25) is 0 Å². The zero-order chi connectivity index (χ0) is 8.27. The molecule has 0 aliphatic carbocycles. The Hall–Kier alpha value is -0.630. The van der Waals surface area contributed by atoms with E-state index in [4.69, 9.17) is 4.74 Å². The van der Waals surface area contributed by atoms with Gasteiger partial charge in [0.05, 0.1) is 7.11 Å². The second-order valence-electron chi connectivity index (χ2n) is 2.34. The van der Waals surface area contributed by atoms with Gasteiger partial charge in [0.25, 0.3) is 0 Å². The third-order valence-corrected chi connectivity index (χ3v) is 2.49. The van der Waals surface area contributed by atoms with Crippen LogP contribution in [0.1, 0.15) is 5.56 Å². The lowest BCUT2D eigenvalue weighted by molar-refractivity contribution is 0.413. The van der Waals surface area contributed by atoms with E-state index in [0.717, 1.165) is 5.75 Å². The van der Waals surface area contributed by atoms with Crippen molar-refractivity contribution >= 4 is 11.8 Å². The summed E-state index contributed by atoms with van der Waals surface area (Å²) in [5.41, 5.74) is 1.30. The van der Waals surface area contributed by atoms with E-state index in [2.05, 4.69) is 25.3 Å². The highest BCUT2D eigenvalue weighted by molar-refractivity contribution is 7.98. The van der Waals surface area contributed by atoms with Crippen LogP contribution in [0.2, 0.25) is 0 Å². The van der Waals surface area contributed by atoms with Crippen molar-refractivity contribution in [1.29, 1.82) is 0 Å². The maximum absolute atomic E-state index is 5.10. The smallest absolute Gasteiger partial charge is 0.119 e. The molecule has 11 heavy (non-hydrogen) atoms. The van der Waals surface area contributed by atoms with Crippen molar-refractivity contribution in [2.45, 2.75) is 11.8 Å². The van der Waals surface area contributed by atoms with Gasteiger partial charge in [0.15, 0.2) is 0 Å². The Balaban J connectivity index is 3.02. The van der Waals surface area contributed by atoms with Crippen LogP contribution in [-0.2, 0) is 0 Å². The normalized spacial score (nSPS) is 9.73. The number of ether oxygens (including phenoxy) is 1. The van der Waals surface area contributed by atoms with Crippen molar-refractivity contribution in [2.24, 2.45) is 0 Å². The van der Waals surface area contributed by atoms with Crippen LogP contribution >= 0.6 is 11.8 Å². The molecule has 2 heteroatoms. The number of aryl methyl sites for hydroxylation is 1. The molecule has 0 saturated heterocycles. The Kier molecular flexibility index (Phi) is 2.83. The average Bonchev–Trinajstić information content (AvgIpc) is 2.05. The van der Waals surface area contributed by atoms with Crippen LogP contribution in [0.5, 0.6) is 5.75 Å². The lowest BCUT2D eigenvalue weighted by atomic mass is 10.2. The summed E-state index contributed by atoms with van der Waals surface area (Å²) in [6.45, 7) is 2.10. The fourth-order valence-corrected chi connectivity index (χ4v) is 1.55. The highest BCUT2D eigenvalue weighted by Gasteiger charge is 1.97.